The summed E-state index contributed by atoms with van der Waals surface area (Å²) in [5.74, 6) is 0.413. The van der Waals surface area contributed by atoms with E-state index in [1.54, 1.807) is 18.7 Å². The molecule has 0 aromatic heterocycles. The lowest BCUT2D eigenvalue weighted by atomic mass is 10.1. The number of aliphatic imine (C=N–C) groups is 1. The largest absolute Gasteiger partial charge is 0.464 e. The molecule has 0 radical (unpaired) electrons. The number of carbonyl (C=O) groups excluding carboxylic acids is 1. The lowest BCUT2D eigenvalue weighted by Gasteiger charge is -2.06. The maximum Gasteiger partial charge on any atom is 0.331 e. The number of nitrogens with zero attached hydrogens (tertiary/aromatic N) is 1. The van der Waals surface area contributed by atoms with Crippen LogP contribution in [0.1, 0.15) is 18.9 Å². The second kappa shape index (κ2) is 7.34. The van der Waals surface area contributed by atoms with Crippen molar-refractivity contribution < 1.29 is 9.53 Å². The number of halogens is 2. The number of hydrogen-bond donors (Lipinski definition) is 0. The van der Waals surface area contributed by atoms with Gasteiger partial charge in [-0.15, -0.1) is 11.8 Å². The summed E-state index contributed by atoms with van der Waals surface area (Å²) in [5, 5.41) is 2.30. The molecular formula is C14H15Cl2NO2S. The highest BCUT2D eigenvalue weighted by Gasteiger charge is 2.25. The van der Waals surface area contributed by atoms with E-state index >= 15 is 0 Å². The van der Waals surface area contributed by atoms with Crippen molar-refractivity contribution in [1.82, 2.24) is 0 Å². The average Bonchev–Trinajstić information content (AvgIpc) is 2.87. The molecule has 0 saturated carbocycles. The Morgan fingerprint density at radius 3 is 2.75 bits per heavy atom. The molecule has 1 aliphatic heterocycles. The van der Waals surface area contributed by atoms with E-state index in [0.717, 1.165) is 23.4 Å². The molecule has 0 N–H and O–H groups in total. The van der Waals surface area contributed by atoms with Gasteiger partial charge in [-0.2, -0.15) is 0 Å². The van der Waals surface area contributed by atoms with E-state index in [0.29, 0.717) is 22.4 Å². The van der Waals surface area contributed by atoms with E-state index < -0.39 is 0 Å². The molecule has 0 spiro atoms. The van der Waals surface area contributed by atoms with E-state index in [1.165, 1.54) is 0 Å². The number of benzene rings is 1. The molecule has 6 heteroatoms. The first-order chi connectivity index (χ1) is 9.61. The molecule has 1 unspecified atom stereocenters. The van der Waals surface area contributed by atoms with Gasteiger partial charge >= 0.3 is 5.97 Å². The SMILES string of the molecule is CCOC(=O)C1CSC(CCc2c(Cl)cccc2Cl)=N1. The molecule has 0 saturated heterocycles. The molecule has 20 heavy (non-hydrogen) atoms. The topological polar surface area (TPSA) is 38.7 Å². The van der Waals surface area contributed by atoms with Crippen LogP contribution in [0, 0.1) is 0 Å². The lowest BCUT2D eigenvalue weighted by Crippen LogP contribution is -2.21. The van der Waals surface area contributed by atoms with Crippen molar-refractivity contribution in [3.8, 4) is 0 Å². The van der Waals surface area contributed by atoms with Gasteiger partial charge in [-0.3, -0.25) is 4.99 Å². The highest BCUT2D eigenvalue weighted by molar-refractivity contribution is 8.14. The van der Waals surface area contributed by atoms with Crippen molar-refractivity contribution in [2.75, 3.05) is 12.4 Å². The first kappa shape index (κ1) is 15.7. The first-order valence-corrected chi connectivity index (χ1v) is 8.15. The maximum atomic E-state index is 11.6. The Morgan fingerprint density at radius 1 is 1.40 bits per heavy atom. The van der Waals surface area contributed by atoms with Crippen LogP contribution in [0.15, 0.2) is 23.2 Å². The smallest absolute Gasteiger partial charge is 0.331 e. The van der Waals surface area contributed by atoms with E-state index in [2.05, 4.69) is 4.99 Å². The van der Waals surface area contributed by atoms with Crippen molar-refractivity contribution in [2.45, 2.75) is 25.8 Å². The van der Waals surface area contributed by atoms with Gasteiger partial charge in [0.15, 0.2) is 6.04 Å². The molecule has 108 valence electrons. The summed E-state index contributed by atoms with van der Waals surface area (Å²) >= 11 is 13.9. The second-order valence-corrected chi connectivity index (χ2v) is 6.21. The molecular weight excluding hydrogens is 317 g/mol. The van der Waals surface area contributed by atoms with E-state index in [4.69, 9.17) is 27.9 Å². The Hall–Kier alpha value is -0.710. The highest BCUT2D eigenvalue weighted by Crippen LogP contribution is 2.28. The summed E-state index contributed by atoms with van der Waals surface area (Å²) in [6, 6.07) is 5.12. The Labute approximate surface area is 132 Å². The van der Waals surface area contributed by atoms with Gasteiger partial charge in [-0.25, -0.2) is 4.79 Å². The monoisotopic (exact) mass is 331 g/mol. The lowest BCUT2D eigenvalue weighted by molar-refractivity contribution is -0.143. The Kier molecular flexibility index (Phi) is 5.75. The molecule has 1 aromatic carbocycles. The van der Waals surface area contributed by atoms with Crippen LogP contribution < -0.4 is 0 Å². The maximum absolute atomic E-state index is 11.6. The predicted molar refractivity (Wildman–Crippen MR) is 85.1 cm³/mol. The van der Waals surface area contributed by atoms with Gasteiger partial charge in [0.05, 0.1) is 11.7 Å². The fourth-order valence-corrected chi connectivity index (χ4v) is 3.52. The molecule has 1 aliphatic rings. The van der Waals surface area contributed by atoms with Crippen LogP contribution in [0.5, 0.6) is 0 Å². The van der Waals surface area contributed by atoms with Crippen LogP contribution in [-0.4, -0.2) is 29.4 Å². The van der Waals surface area contributed by atoms with Gasteiger partial charge in [0, 0.05) is 15.8 Å². The third kappa shape index (κ3) is 3.90. The standard InChI is InChI=1S/C14H15Cl2NO2S/c1-2-19-14(18)12-8-20-13(17-12)7-6-9-10(15)4-3-5-11(9)16/h3-5,12H,2,6-8H2,1H3. The summed E-state index contributed by atoms with van der Waals surface area (Å²) in [6.07, 6.45) is 1.46. The van der Waals surface area contributed by atoms with Crippen LogP contribution in [-0.2, 0) is 16.0 Å². The number of ether oxygens (including phenoxy) is 1. The molecule has 0 fully saturated rings. The minimum Gasteiger partial charge on any atom is -0.464 e. The van der Waals surface area contributed by atoms with Gasteiger partial charge in [-0.1, -0.05) is 29.3 Å². The van der Waals surface area contributed by atoms with Crippen molar-refractivity contribution >= 4 is 46.0 Å². The van der Waals surface area contributed by atoms with E-state index in [1.807, 2.05) is 18.2 Å². The summed E-state index contributed by atoms with van der Waals surface area (Å²) in [6.45, 7) is 2.18. The van der Waals surface area contributed by atoms with Crippen LogP contribution in [0.2, 0.25) is 10.0 Å². The zero-order valence-electron chi connectivity index (χ0n) is 11.1. The van der Waals surface area contributed by atoms with Crippen molar-refractivity contribution in [2.24, 2.45) is 4.99 Å². The van der Waals surface area contributed by atoms with Crippen LogP contribution in [0.4, 0.5) is 0 Å². The minimum absolute atomic E-state index is 0.245. The van der Waals surface area contributed by atoms with Gasteiger partial charge in [0.25, 0.3) is 0 Å². The summed E-state index contributed by atoms with van der Waals surface area (Å²) < 4.78 is 4.97. The van der Waals surface area contributed by atoms with Crippen LogP contribution in [0.25, 0.3) is 0 Å². The minimum atomic E-state index is -0.364. The van der Waals surface area contributed by atoms with Crippen LogP contribution >= 0.6 is 35.0 Å². The number of carbonyl (C=O) groups is 1. The van der Waals surface area contributed by atoms with Crippen molar-refractivity contribution in [1.29, 1.82) is 0 Å². The fraction of sp³-hybridized carbons (Fsp3) is 0.429. The Bertz CT molecular complexity index is 514. The Balaban J connectivity index is 1.95. The molecule has 2 rings (SSSR count). The highest BCUT2D eigenvalue weighted by atomic mass is 35.5. The molecule has 0 aliphatic carbocycles. The Morgan fingerprint density at radius 2 is 2.10 bits per heavy atom. The zero-order chi connectivity index (χ0) is 14.5. The number of thioether (sulfide) groups is 1. The van der Waals surface area contributed by atoms with E-state index in [-0.39, 0.29) is 12.0 Å². The molecule has 1 heterocycles. The van der Waals surface area contributed by atoms with Gasteiger partial charge in [0.1, 0.15) is 0 Å². The molecule has 0 bridgehead atoms. The van der Waals surface area contributed by atoms with Gasteiger partial charge in [0.2, 0.25) is 0 Å². The number of rotatable bonds is 5. The van der Waals surface area contributed by atoms with Gasteiger partial charge < -0.3 is 4.74 Å². The summed E-state index contributed by atoms with van der Waals surface area (Å²) in [5.41, 5.74) is 0.929. The normalized spacial score (nSPS) is 17.9. The molecule has 0 amide bonds. The number of esters is 1. The molecule has 1 atom stereocenters. The van der Waals surface area contributed by atoms with Crippen LogP contribution in [0.3, 0.4) is 0 Å². The van der Waals surface area contributed by atoms with E-state index in [9.17, 15) is 4.79 Å². The third-order valence-electron chi connectivity index (χ3n) is 2.92. The first-order valence-electron chi connectivity index (χ1n) is 6.40. The number of hydrogen-bond acceptors (Lipinski definition) is 4. The van der Waals surface area contributed by atoms with Gasteiger partial charge in [-0.05, 0) is 37.5 Å². The molecule has 1 aromatic rings. The second-order valence-electron chi connectivity index (χ2n) is 4.30. The predicted octanol–water partition coefficient (Wildman–Crippen LogP) is 4.00. The zero-order valence-corrected chi connectivity index (χ0v) is 13.4. The summed E-state index contributed by atoms with van der Waals surface area (Å²) in [7, 11) is 0. The fourth-order valence-electron chi connectivity index (χ4n) is 1.92. The quantitative estimate of drug-likeness (QED) is 0.765. The van der Waals surface area contributed by atoms with Crippen molar-refractivity contribution in [3.05, 3.63) is 33.8 Å². The average molecular weight is 332 g/mol. The molecule has 3 nitrogen and oxygen atoms in total. The summed E-state index contributed by atoms with van der Waals surface area (Å²) in [4.78, 5) is 16.0. The third-order valence-corrected chi connectivity index (χ3v) is 4.75. The van der Waals surface area contributed by atoms with Crippen molar-refractivity contribution in [3.63, 3.8) is 0 Å².